The first-order chi connectivity index (χ1) is 5.43. The minimum Gasteiger partial charge on any atom is -0.371 e. The summed E-state index contributed by atoms with van der Waals surface area (Å²) in [5, 5.41) is 9.50. The molecule has 0 aromatic heterocycles. The Morgan fingerprint density at radius 3 is 3.44 bits per heavy atom. The highest BCUT2D eigenvalue weighted by Crippen LogP contribution is 2.03. The van der Waals surface area contributed by atoms with Crippen LogP contribution in [0.4, 0.5) is 4.39 Å². The van der Waals surface area contributed by atoms with Crippen LogP contribution in [0.5, 0.6) is 0 Å². The summed E-state index contributed by atoms with van der Waals surface area (Å²) >= 11 is 0. The average Bonchev–Trinajstić information content (AvgIpc) is 1.92. The fourth-order valence-electron chi connectivity index (χ4n) is 0.503. The second-order valence-corrected chi connectivity index (χ2v) is 1.63. The first-order valence-electron chi connectivity index (χ1n) is 3.88. The molecule has 0 aromatic rings. The maximum absolute atomic E-state index is 12.6. The monoisotopic (exact) mass is 132 g/mol. The van der Waals surface area contributed by atoms with E-state index >= 15 is 0 Å². The van der Waals surface area contributed by atoms with Crippen molar-refractivity contribution in [2.45, 2.75) is 0 Å². The third-order valence-corrected chi connectivity index (χ3v) is 0.974. The van der Waals surface area contributed by atoms with Crippen molar-refractivity contribution in [2.24, 2.45) is 0 Å². The van der Waals surface area contributed by atoms with Gasteiger partial charge in [-0.1, -0.05) is 0 Å². The van der Waals surface area contributed by atoms with Crippen molar-refractivity contribution >= 4 is 5.84 Å². The molecule has 0 radical (unpaired) electrons. The fraction of sp³-hybridized carbons (Fsp3) is 0.400. The Balaban J connectivity index is 2.83. The zero-order valence-electron chi connectivity index (χ0n) is 7.61. The predicted molar refractivity (Wildman–Crippen MR) is 32.7 cm³/mol. The molecular weight excluding hydrogens is 121 g/mol. The van der Waals surface area contributed by atoms with Crippen LogP contribution in [0.15, 0.2) is 12.0 Å². The van der Waals surface area contributed by atoms with E-state index in [0.717, 1.165) is 6.20 Å². The van der Waals surface area contributed by atoms with Gasteiger partial charge in [-0.25, -0.2) is 4.39 Å². The van der Waals surface area contributed by atoms with Crippen LogP contribution >= 0.6 is 0 Å². The normalized spacial score (nSPS) is 25.4. The lowest BCUT2D eigenvalue weighted by molar-refractivity contribution is 0.441. The van der Waals surface area contributed by atoms with E-state index in [2.05, 4.69) is 5.32 Å². The molecule has 1 aliphatic rings. The van der Waals surface area contributed by atoms with Gasteiger partial charge in [-0.15, -0.1) is 0 Å². The molecule has 0 saturated carbocycles. The van der Waals surface area contributed by atoms with Gasteiger partial charge in [0, 0.05) is 17.3 Å². The Labute approximate surface area is 56.9 Å². The molecule has 0 aromatic carbocycles. The topological polar surface area (TPSA) is 39.1 Å². The molecule has 2 N–H and O–H groups in total. The van der Waals surface area contributed by atoms with E-state index in [1.54, 1.807) is 0 Å². The third kappa shape index (κ3) is 1.01. The van der Waals surface area contributed by atoms with Crippen LogP contribution in [0.3, 0.4) is 0 Å². The summed E-state index contributed by atoms with van der Waals surface area (Å²) in [4.78, 5) is 0.669. The molecule has 0 spiro atoms. The van der Waals surface area contributed by atoms with Gasteiger partial charge in [0.2, 0.25) is 0 Å². The summed E-state index contributed by atoms with van der Waals surface area (Å²) in [6.07, 6.45) is 0.977. The summed E-state index contributed by atoms with van der Waals surface area (Å²) in [6.45, 7) is -2.53. The Hall–Kier alpha value is -1.06. The van der Waals surface area contributed by atoms with Crippen LogP contribution in [0.1, 0.15) is 4.11 Å². The van der Waals surface area contributed by atoms with Crippen LogP contribution in [-0.4, -0.2) is 24.4 Å². The Morgan fingerprint density at radius 2 is 2.89 bits per heavy atom. The van der Waals surface area contributed by atoms with Gasteiger partial charge in [-0.05, 0) is 0 Å². The number of rotatable bonds is 0. The lowest BCUT2D eigenvalue weighted by Gasteiger charge is -2.22. The highest BCUT2D eigenvalue weighted by molar-refractivity contribution is 5.93. The fourth-order valence-corrected chi connectivity index (χ4v) is 0.503. The van der Waals surface area contributed by atoms with E-state index in [1.807, 2.05) is 0 Å². The number of nitrogens with zero attached hydrogens (tertiary/aromatic N) is 1. The van der Waals surface area contributed by atoms with E-state index < -0.39 is 18.6 Å². The predicted octanol–water partition coefficient (Wildman–Crippen LogP) is 0.267. The zero-order valence-corrected chi connectivity index (χ0v) is 4.61. The number of likely N-dealkylation sites (N-methyl/N-ethyl adjacent to an activating group) is 1. The van der Waals surface area contributed by atoms with Crippen molar-refractivity contribution in [3.8, 4) is 0 Å². The zero-order chi connectivity index (χ0) is 9.35. The van der Waals surface area contributed by atoms with Gasteiger partial charge in [0.25, 0.3) is 0 Å². The van der Waals surface area contributed by atoms with E-state index in [9.17, 15) is 4.39 Å². The van der Waals surface area contributed by atoms with Gasteiger partial charge in [-0.2, -0.15) is 0 Å². The summed E-state index contributed by atoms with van der Waals surface area (Å²) in [5.41, 5.74) is 0. The molecule has 1 heterocycles. The largest absolute Gasteiger partial charge is 0.371 e. The van der Waals surface area contributed by atoms with E-state index in [4.69, 9.17) is 9.52 Å². The molecule has 1 aliphatic heterocycles. The molecular formula is C5H8FN3. The molecule has 0 fully saturated rings. The van der Waals surface area contributed by atoms with Gasteiger partial charge in [0.1, 0.15) is 0 Å². The highest BCUT2D eigenvalue weighted by Gasteiger charge is 2.12. The van der Waals surface area contributed by atoms with Crippen molar-refractivity contribution in [1.82, 2.24) is 10.2 Å². The first kappa shape index (κ1) is 3.20. The number of halogens is 1. The molecule has 0 saturated heterocycles. The molecule has 0 aliphatic carbocycles. The van der Waals surface area contributed by atoms with Crippen molar-refractivity contribution in [3.63, 3.8) is 0 Å². The minimum atomic E-state index is -2.46. The van der Waals surface area contributed by atoms with Gasteiger partial charge in [-0.3, -0.25) is 5.41 Å². The first-order valence-corrected chi connectivity index (χ1v) is 2.38. The van der Waals surface area contributed by atoms with Gasteiger partial charge in [0.15, 0.2) is 11.7 Å². The van der Waals surface area contributed by atoms with Crippen LogP contribution in [0.25, 0.3) is 0 Å². The molecule has 0 atom stereocenters. The van der Waals surface area contributed by atoms with Crippen LogP contribution in [0, 0.1) is 5.41 Å². The van der Waals surface area contributed by atoms with Crippen LogP contribution < -0.4 is 5.32 Å². The summed E-state index contributed by atoms with van der Waals surface area (Å²) in [6, 6.07) is 0. The molecule has 1 rings (SSSR count). The number of amidine groups is 1. The maximum atomic E-state index is 12.6. The van der Waals surface area contributed by atoms with E-state index in [-0.39, 0.29) is 6.67 Å². The Kier molecular flexibility index (Phi) is 0.726. The number of hydrogen-bond donors (Lipinski definition) is 2. The quantitative estimate of drug-likeness (QED) is 0.496. The number of hydrogen-bond acceptors (Lipinski definition) is 2. The maximum Gasteiger partial charge on any atom is 0.180 e. The molecule has 4 heteroatoms. The highest BCUT2D eigenvalue weighted by atomic mass is 19.1. The van der Waals surface area contributed by atoms with Crippen LogP contribution in [0.2, 0.25) is 0 Å². The second kappa shape index (κ2) is 2.05. The summed E-state index contributed by atoms with van der Waals surface area (Å²) < 4.78 is 33.4. The summed E-state index contributed by atoms with van der Waals surface area (Å²) in [7, 11) is 0. The van der Waals surface area contributed by atoms with Gasteiger partial charge in [0.05, 0.1) is 6.67 Å². The molecule has 0 amide bonds. The van der Waals surface area contributed by atoms with Gasteiger partial charge >= 0.3 is 0 Å². The molecule has 0 bridgehead atoms. The van der Waals surface area contributed by atoms with Crippen molar-refractivity contribution in [2.75, 3.05) is 13.6 Å². The standard InChI is InChI=1S/C5H8FN3/c1-9-3-8-2-4(6)5(9)7/h2,7-8H,3H2,1H3/i1D3. The Morgan fingerprint density at radius 1 is 2.11 bits per heavy atom. The minimum absolute atomic E-state index is 0.0667. The molecule has 0 unspecified atom stereocenters. The lowest BCUT2D eigenvalue weighted by Crippen LogP contribution is -2.38. The van der Waals surface area contributed by atoms with Crippen LogP contribution in [-0.2, 0) is 0 Å². The van der Waals surface area contributed by atoms with Crippen molar-refractivity contribution < 1.29 is 8.50 Å². The third-order valence-electron chi connectivity index (χ3n) is 0.974. The average molecular weight is 132 g/mol. The SMILES string of the molecule is [2H]C([2H])([2H])N1CNC=C(F)C1=N. The smallest absolute Gasteiger partial charge is 0.180 e. The van der Waals surface area contributed by atoms with E-state index in [1.165, 1.54) is 0 Å². The molecule has 3 nitrogen and oxygen atoms in total. The Bertz CT molecular complexity index is 235. The molecule has 9 heavy (non-hydrogen) atoms. The van der Waals surface area contributed by atoms with E-state index in [0.29, 0.717) is 4.90 Å². The molecule has 50 valence electrons. The van der Waals surface area contributed by atoms with Crippen molar-refractivity contribution in [1.29, 1.82) is 5.41 Å². The van der Waals surface area contributed by atoms with Gasteiger partial charge < -0.3 is 10.2 Å². The lowest BCUT2D eigenvalue weighted by atomic mass is 10.4. The van der Waals surface area contributed by atoms with Crippen molar-refractivity contribution in [3.05, 3.63) is 12.0 Å². The number of nitrogens with one attached hydrogen (secondary N) is 2. The summed E-state index contributed by atoms with van der Waals surface area (Å²) in [5.74, 6) is -1.47. The second-order valence-electron chi connectivity index (χ2n) is 1.63.